The molecule has 2 aromatic carbocycles. The van der Waals surface area contributed by atoms with E-state index in [0.717, 1.165) is 31.2 Å². The lowest BCUT2D eigenvalue weighted by Crippen LogP contribution is -2.45. The van der Waals surface area contributed by atoms with Crippen LogP contribution >= 0.6 is 0 Å². The number of piperidine rings is 1. The first-order valence-corrected chi connectivity index (χ1v) is 14.8. The largest absolute Gasteiger partial charge is 0.339 e. The van der Waals surface area contributed by atoms with Gasteiger partial charge in [-0.15, -0.1) is 0 Å². The molecule has 0 bridgehead atoms. The average molecular weight is 521 g/mol. The molecule has 8 nitrogen and oxygen atoms in total. The Kier molecular flexibility index (Phi) is 6.95. The molecule has 1 N–H and O–H groups in total. The van der Waals surface area contributed by atoms with Crippen molar-refractivity contribution >= 4 is 27.5 Å². The number of carbonyl (C=O) groups is 2. The third-order valence-corrected chi connectivity index (χ3v) is 9.55. The van der Waals surface area contributed by atoms with E-state index < -0.39 is 9.84 Å². The molecule has 194 valence electrons. The number of likely N-dealkylation sites (tertiary alicyclic amines) is 1. The number of aryl methyl sites for hydroxylation is 1. The first-order chi connectivity index (χ1) is 17.7. The number of nitrogens with zero attached hydrogens (tertiary/aromatic N) is 3. The fourth-order valence-electron chi connectivity index (χ4n) is 5.48. The number of urea groups is 1. The van der Waals surface area contributed by atoms with Crippen LogP contribution in [0.2, 0.25) is 0 Å². The second kappa shape index (κ2) is 10.2. The van der Waals surface area contributed by atoms with E-state index in [2.05, 4.69) is 11.4 Å². The summed E-state index contributed by atoms with van der Waals surface area (Å²) in [6.07, 6.45) is 3.96. The van der Waals surface area contributed by atoms with Crippen LogP contribution in [0.4, 0.5) is 10.5 Å². The van der Waals surface area contributed by atoms with Crippen molar-refractivity contribution in [1.29, 1.82) is 5.26 Å². The molecule has 1 unspecified atom stereocenters. The van der Waals surface area contributed by atoms with Crippen molar-refractivity contribution in [3.63, 3.8) is 0 Å². The molecular formula is C28H32N4O4S. The minimum atomic E-state index is -3.10. The molecule has 3 aliphatic rings. The molecule has 2 aliphatic heterocycles. The number of sulfone groups is 1. The lowest BCUT2D eigenvalue weighted by atomic mass is 9.89. The summed E-state index contributed by atoms with van der Waals surface area (Å²) >= 11 is 0. The van der Waals surface area contributed by atoms with Crippen LogP contribution in [0.15, 0.2) is 42.5 Å². The van der Waals surface area contributed by atoms with Gasteiger partial charge in [-0.3, -0.25) is 4.79 Å². The third kappa shape index (κ3) is 5.64. The number of hydrogen-bond donors (Lipinski definition) is 1. The molecule has 0 radical (unpaired) electrons. The topological polar surface area (TPSA) is 111 Å². The Balaban J connectivity index is 1.24. The smallest absolute Gasteiger partial charge is 0.322 e. The van der Waals surface area contributed by atoms with Gasteiger partial charge in [-0.05, 0) is 80.3 Å². The predicted molar refractivity (Wildman–Crippen MR) is 141 cm³/mol. The molecule has 2 saturated heterocycles. The number of anilines is 1. The van der Waals surface area contributed by atoms with Crippen LogP contribution in [-0.2, 0) is 9.84 Å². The number of hydrogen-bond acceptors (Lipinski definition) is 5. The molecule has 0 spiro atoms. The van der Waals surface area contributed by atoms with Gasteiger partial charge in [0.15, 0.2) is 9.84 Å². The number of carbonyl (C=O) groups excluding carboxylic acids is 2. The van der Waals surface area contributed by atoms with E-state index in [1.165, 1.54) is 5.56 Å². The van der Waals surface area contributed by atoms with Gasteiger partial charge in [-0.25, -0.2) is 13.2 Å². The van der Waals surface area contributed by atoms with Crippen LogP contribution < -0.4 is 5.32 Å². The monoisotopic (exact) mass is 520 g/mol. The van der Waals surface area contributed by atoms with E-state index >= 15 is 0 Å². The van der Waals surface area contributed by atoms with Crippen molar-refractivity contribution in [2.24, 2.45) is 0 Å². The van der Waals surface area contributed by atoms with Crippen LogP contribution in [-0.4, -0.2) is 66.8 Å². The summed E-state index contributed by atoms with van der Waals surface area (Å²) in [4.78, 5) is 30.1. The zero-order valence-corrected chi connectivity index (χ0v) is 21.8. The summed E-state index contributed by atoms with van der Waals surface area (Å²) in [7, 11) is -3.10. The third-order valence-electron chi connectivity index (χ3n) is 7.80. The zero-order valence-electron chi connectivity index (χ0n) is 21.0. The number of amides is 3. The maximum atomic E-state index is 13.3. The van der Waals surface area contributed by atoms with Gasteiger partial charge in [0.1, 0.15) is 0 Å². The highest BCUT2D eigenvalue weighted by Gasteiger charge is 2.42. The van der Waals surface area contributed by atoms with E-state index in [4.69, 9.17) is 5.26 Å². The minimum absolute atomic E-state index is 0.0207. The maximum Gasteiger partial charge on any atom is 0.322 e. The molecule has 2 aromatic rings. The molecule has 37 heavy (non-hydrogen) atoms. The Morgan fingerprint density at radius 3 is 2.30 bits per heavy atom. The highest BCUT2D eigenvalue weighted by molar-refractivity contribution is 7.91. The van der Waals surface area contributed by atoms with Crippen molar-refractivity contribution in [3.05, 3.63) is 64.7 Å². The molecule has 5 rings (SSSR count). The van der Waals surface area contributed by atoms with Gasteiger partial charge in [0.25, 0.3) is 5.91 Å². The summed E-state index contributed by atoms with van der Waals surface area (Å²) in [6.45, 7) is 3.17. The Morgan fingerprint density at radius 1 is 1.00 bits per heavy atom. The van der Waals surface area contributed by atoms with Crippen molar-refractivity contribution in [2.75, 3.05) is 29.9 Å². The van der Waals surface area contributed by atoms with Gasteiger partial charge in [0.05, 0.1) is 23.1 Å². The molecule has 9 heteroatoms. The molecule has 0 aromatic heterocycles. The van der Waals surface area contributed by atoms with Gasteiger partial charge in [0.2, 0.25) is 0 Å². The Bertz CT molecular complexity index is 1340. The lowest BCUT2D eigenvalue weighted by molar-refractivity contribution is 0.0713. The lowest BCUT2D eigenvalue weighted by Gasteiger charge is -2.32. The quantitative estimate of drug-likeness (QED) is 0.639. The van der Waals surface area contributed by atoms with Gasteiger partial charge in [-0.1, -0.05) is 18.2 Å². The summed E-state index contributed by atoms with van der Waals surface area (Å²) in [5.74, 6) is 0.443. The van der Waals surface area contributed by atoms with Crippen molar-refractivity contribution in [3.8, 4) is 6.07 Å². The second-order valence-electron chi connectivity index (χ2n) is 10.5. The van der Waals surface area contributed by atoms with Crippen molar-refractivity contribution < 1.29 is 18.0 Å². The summed E-state index contributed by atoms with van der Waals surface area (Å²) in [5, 5.41) is 12.0. The summed E-state index contributed by atoms with van der Waals surface area (Å²) in [5.41, 5.74) is 3.79. The van der Waals surface area contributed by atoms with Gasteiger partial charge in [0, 0.05) is 36.4 Å². The summed E-state index contributed by atoms with van der Waals surface area (Å²) < 4.78 is 24.0. The minimum Gasteiger partial charge on any atom is -0.339 e. The van der Waals surface area contributed by atoms with E-state index in [9.17, 15) is 18.0 Å². The van der Waals surface area contributed by atoms with Crippen LogP contribution in [0.1, 0.15) is 65.1 Å². The van der Waals surface area contributed by atoms with Crippen LogP contribution in [0.5, 0.6) is 0 Å². The maximum absolute atomic E-state index is 13.3. The molecule has 2 heterocycles. The van der Waals surface area contributed by atoms with Gasteiger partial charge < -0.3 is 15.1 Å². The van der Waals surface area contributed by atoms with Crippen LogP contribution in [0.25, 0.3) is 0 Å². The van der Waals surface area contributed by atoms with Crippen LogP contribution in [0.3, 0.4) is 0 Å². The normalized spacial score (nSPS) is 21.3. The Hall–Kier alpha value is -3.38. The number of nitrogens with one attached hydrogen (secondary N) is 1. The number of rotatable bonds is 5. The van der Waals surface area contributed by atoms with Crippen LogP contribution in [0, 0.1) is 18.3 Å². The van der Waals surface area contributed by atoms with Gasteiger partial charge in [-0.2, -0.15) is 5.26 Å². The van der Waals surface area contributed by atoms with E-state index in [1.807, 2.05) is 42.2 Å². The highest BCUT2D eigenvalue weighted by atomic mass is 32.2. The molecule has 1 saturated carbocycles. The Labute approximate surface area is 218 Å². The number of benzene rings is 2. The highest BCUT2D eigenvalue weighted by Crippen LogP contribution is 2.33. The fraction of sp³-hybridized carbons (Fsp3) is 0.464. The van der Waals surface area contributed by atoms with E-state index in [-0.39, 0.29) is 35.5 Å². The van der Waals surface area contributed by atoms with Crippen molar-refractivity contribution in [2.45, 2.75) is 57.0 Å². The Morgan fingerprint density at radius 2 is 1.70 bits per heavy atom. The molecule has 3 amide bonds. The molecule has 3 fully saturated rings. The fourth-order valence-corrected chi connectivity index (χ4v) is 7.19. The standard InChI is InChI=1S/C28H32N4O4S/c1-19-2-5-23(27(33)31-13-10-22(11-14-31)21-6-3-20(17-29)4-7-21)16-26(19)30-28(34)32(24-8-9-24)25-12-15-37(35,36)18-25/h2-7,16,22,24-25H,8-15,18H2,1H3,(H,30,34). The van der Waals surface area contributed by atoms with E-state index in [0.29, 0.717) is 42.2 Å². The summed E-state index contributed by atoms with van der Waals surface area (Å²) in [6, 6.07) is 14.7. The number of nitriles is 1. The molecular weight excluding hydrogens is 488 g/mol. The first-order valence-electron chi connectivity index (χ1n) is 12.9. The zero-order chi connectivity index (χ0) is 26.2. The van der Waals surface area contributed by atoms with Crippen molar-refractivity contribution in [1.82, 2.24) is 9.80 Å². The predicted octanol–water partition coefficient (Wildman–Crippen LogP) is 4.07. The SMILES string of the molecule is Cc1ccc(C(=O)N2CCC(c3ccc(C#N)cc3)CC2)cc1NC(=O)N(C1CC1)C1CCS(=O)(=O)C1. The molecule has 1 aliphatic carbocycles. The average Bonchev–Trinajstić information content (AvgIpc) is 3.67. The second-order valence-corrected chi connectivity index (χ2v) is 12.7. The van der Waals surface area contributed by atoms with Gasteiger partial charge >= 0.3 is 6.03 Å². The first kappa shape index (κ1) is 25.3. The van der Waals surface area contributed by atoms with E-state index in [1.54, 1.807) is 17.0 Å². The molecule has 1 atom stereocenters.